The number of hydrogen-bond donors (Lipinski definition) is 0. The Labute approximate surface area is 155 Å². The molecule has 3 rings (SSSR count). The van der Waals surface area contributed by atoms with Crippen LogP contribution in [0.3, 0.4) is 0 Å². The summed E-state index contributed by atoms with van der Waals surface area (Å²) in [5.41, 5.74) is 1.35. The fraction of sp³-hybridized carbons (Fsp3) is 0.412. The molecule has 1 aromatic carbocycles. The first-order valence-corrected chi connectivity index (χ1v) is 9.79. The quantitative estimate of drug-likeness (QED) is 0.781. The molecule has 0 atom stereocenters. The van der Waals surface area contributed by atoms with Gasteiger partial charge in [0, 0.05) is 31.7 Å². The fourth-order valence-corrected chi connectivity index (χ4v) is 4.58. The highest BCUT2D eigenvalue weighted by atomic mass is 32.2. The van der Waals surface area contributed by atoms with Crippen LogP contribution in [0.15, 0.2) is 27.6 Å². The van der Waals surface area contributed by atoms with Crippen LogP contribution in [0.5, 0.6) is 0 Å². The van der Waals surface area contributed by atoms with Gasteiger partial charge in [0.15, 0.2) is 4.90 Å². The molecule has 1 fully saturated rings. The number of rotatable bonds is 4. The molecular weight excluding hydrogens is 380 g/mol. The maximum absolute atomic E-state index is 13.9. The van der Waals surface area contributed by atoms with E-state index >= 15 is 0 Å². The van der Waals surface area contributed by atoms with Crippen molar-refractivity contribution in [2.24, 2.45) is 0 Å². The topological polar surface area (TPSA) is 83.7 Å². The van der Waals surface area contributed by atoms with Crippen LogP contribution in [-0.2, 0) is 21.2 Å². The molecule has 1 aliphatic rings. The smallest absolute Gasteiger partial charge is 0.249 e. The summed E-state index contributed by atoms with van der Waals surface area (Å²) in [7, 11) is -4.32. The minimum atomic E-state index is -4.32. The van der Waals surface area contributed by atoms with Crippen molar-refractivity contribution in [3.05, 3.63) is 46.9 Å². The van der Waals surface area contributed by atoms with E-state index in [2.05, 4.69) is 5.16 Å². The molecule has 1 aromatic heterocycles. The number of aryl methyl sites for hydroxylation is 2. The lowest BCUT2D eigenvalue weighted by Gasteiger charge is -2.34. The number of halogens is 2. The first-order chi connectivity index (χ1) is 12.7. The molecule has 27 heavy (non-hydrogen) atoms. The highest BCUT2D eigenvalue weighted by Crippen LogP contribution is 2.24. The van der Waals surface area contributed by atoms with E-state index in [9.17, 15) is 22.0 Å². The van der Waals surface area contributed by atoms with Gasteiger partial charge in [-0.05, 0) is 26.0 Å². The Morgan fingerprint density at radius 1 is 1.15 bits per heavy atom. The van der Waals surface area contributed by atoms with Crippen LogP contribution in [0.4, 0.5) is 8.78 Å². The molecule has 7 nitrogen and oxygen atoms in total. The van der Waals surface area contributed by atoms with Gasteiger partial charge in [0.2, 0.25) is 15.9 Å². The van der Waals surface area contributed by atoms with E-state index in [1.807, 2.05) is 0 Å². The van der Waals surface area contributed by atoms with Gasteiger partial charge in [-0.2, -0.15) is 4.31 Å². The molecule has 2 aromatic rings. The second-order valence-corrected chi connectivity index (χ2v) is 8.19. The molecule has 1 amide bonds. The van der Waals surface area contributed by atoms with Crippen LogP contribution in [0.25, 0.3) is 0 Å². The summed E-state index contributed by atoms with van der Waals surface area (Å²) < 4.78 is 58.9. The van der Waals surface area contributed by atoms with E-state index in [4.69, 9.17) is 4.52 Å². The normalized spacial score (nSPS) is 15.9. The molecule has 1 saturated heterocycles. The fourth-order valence-electron chi connectivity index (χ4n) is 3.05. The van der Waals surface area contributed by atoms with Crippen LogP contribution < -0.4 is 0 Å². The monoisotopic (exact) mass is 399 g/mol. The zero-order valence-corrected chi connectivity index (χ0v) is 15.7. The van der Waals surface area contributed by atoms with Crippen LogP contribution >= 0.6 is 0 Å². The van der Waals surface area contributed by atoms with Crippen molar-refractivity contribution in [2.45, 2.75) is 25.2 Å². The molecule has 10 heteroatoms. The van der Waals surface area contributed by atoms with E-state index in [-0.39, 0.29) is 38.5 Å². The lowest BCUT2D eigenvalue weighted by atomic mass is 10.1. The molecule has 146 valence electrons. The van der Waals surface area contributed by atoms with E-state index in [0.29, 0.717) is 17.0 Å². The third-order valence-corrected chi connectivity index (χ3v) is 6.57. The first kappa shape index (κ1) is 19.4. The second kappa shape index (κ2) is 7.35. The van der Waals surface area contributed by atoms with Gasteiger partial charge in [0.1, 0.15) is 17.4 Å². The average molecular weight is 399 g/mol. The average Bonchev–Trinajstić information content (AvgIpc) is 2.93. The Hall–Kier alpha value is -2.33. The minimum Gasteiger partial charge on any atom is -0.361 e. The van der Waals surface area contributed by atoms with E-state index in [1.165, 1.54) is 4.90 Å². The number of piperazine rings is 1. The highest BCUT2D eigenvalue weighted by Gasteiger charge is 2.34. The van der Waals surface area contributed by atoms with Crippen LogP contribution in [-0.4, -0.2) is 54.9 Å². The van der Waals surface area contributed by atoms with E-state index in [0.717, 1.165) is 22.5 Å². The zero-order chi connectivity index (χ0) is 19.8. The zero-order valence-electron chi connectivity index (χ0n) is 14.9. The van der Waals surface area contributed by atoms with Gasteiger partial charge in [-0.1, -0.05) is 11.2 Å². The molecule has 0 spiro atoms. The molecule has 0 unspecified atom stereocenters. The number of nitrogens with zero attached hydrogens (tertiary/aromatic N) is 3. The maximum Gasteiger partial charge on any atom is 0.249 e. The maximum atomic E-state index is 13.9. The number of benzene rings is 1. The predicted molar refractivity (Wildman–Crippen MR) is 91.4 cm³/mol. The summed E-state index contributed by atoms with van der Waals surface area (Å²) in [5.74, 6) is -1.88. The third-order valence-electron chi connectivity index (χ3n) is 4.62. The van der Waals surface area contributed by atoms with Crippen LogP contribution in [0.1, 0.15) is 17.0 Å². The Morgan fingerprint density at radius 3 is 2.26 bits per heavy atom. The van der Waals surface area contributed by atoms with Gasteiger partial charge >= 0.3 is 0 Å². The van der Waals surface area contributed by atoms with Crippen molar-refractivity contribution < 1.29 is 26.5 Å². The Morgan fingerprint density at radius 2 is 1.74 bits per heavy atom. The van der Waals surface area contributed by atoms with Crippen LogP contribution in [0.2, 0.25) is 0 Å². The van der Waals surface area contributed by atoms with Crippen molar-refractivity contribution in [1.82, 2.24) is 14.4 Å². The molecule has 0 aliphatic carbocycles. The summed E-state index contributed by atoms with van der Waals surface area (Å²) in [6.07, 6.45) is 0.107. The first-order valence-electron chi connectivity index (χ1n) is 8.35. The van der Waals surface area contributed by atoms with E-state index in [1.54, 1.807) is 13.8 Å². The number of aromatic nitrogens is 1. The number of sulfonamides is 1. The number of hydrogen-bond acceptors (Lipinski definition) is 5. The SMILES string of the molecule is Cc1noc(C)c1CC(=O)N1CCN(S(=O)(=O)c2c(F)cccc2F)CC1. The van der Waals surface area contributed by atoms with Gasteiger partial charge in [-0.25, -0.2) is 17.2 Å². The third kappa shape index (κ3) is 3.72. The Balaban J connectivity index is 1.69. The van der Waals surface area contributed by atoms with Gasteiger partial charge in [-0.3, -0.25) is 4.79 Å². The summed E-state index contributed by atoms with van der Waals surface area (Å²) in [5, 5.41) is 3.80. The highest BCUT2D eigenvalue weighted by molar-refractivity contribution is 7.89. The van der Waals surface area contributed by atoms with Crippen molar-refractivity contribution in [3.63, 3.8) is 0 Å². The minimum absolute atomic E-state index is 0.0382. The second-order valence-electron chi connectivity index (χ2n) is 6.32. The lowest BCUT2D eigenvalue weighted by molar-refractivity contribution is -0.131. The molecule has 0 radical (unpaired) electrons. The van der Waals surface area contributed by atoms with Crippen molar-refractivity contribution in [1.29, 1.82) is 0 Å². The van der Waals surface area contributed by atoms with Crippen LogP contribution in [0, 0.1) is 25.5 Å². The summed E-state index contributed by atoms with van der Waals surface area (Å²) >= 11 is 0. The predicted octanol–water partition coefficient (Wildman–Crippen LogP) is 1.65. The molecule has 2 heterocycles. The number of carbonyl (C=O) groups excluding carboxylic acids is 1. The Bertz CT molecular complexity index is 927. The Kier molecular flexibility index (Phi) is 5.29. The molecule has 0 bridgehead atoms. The summed E-state index contributed by atoms with van der Waals surface area (Å²) in [4.78, 5) is 13.0. The van der Waals surface area contributed by atoms with Gasteiger partial charge in [0.25, 0.3) is 0 Å². The molecule has 0 saturated carbocycles. The number of amides is 1. The molecular formula is C17H19F2N3O4S. The van der Waals surface area contributed by atoms with Gasteiger partial charge < -0.3 is 9.42 Å². The lowest BCUT2D eigenvalue weighted by Crippen LogP contribution is -2.51. The molecule has 0 N–H and O–H groups in total. The van der Waals surface area contributed by atoms with Crippen molar-refractivity contribution in [3.8, 4) is 0 Å². The van der Waals surface area contributed by atoms with Gasteiger partial charge in [0.05, 0.1) is 12.1 Å². The van der Waals surface area contributed by atoms with E-state index < -0.39 is 26.6 Å². The standard InChI is InChI=1S/C17H19F2N3O4S/c1-11-13(12(2)26-20-11)10-16(23)21-6-8-22(9-7-21)27(24,25)17-14(18)4-3-5-15(17)19/h3-5H,6-10H2,1-2H3. The summed E-state index contributed by atoms with van der Waals surface area (Å²) in [6, 6.07) is 2.91. The number of carbonyl (C=O) groups is 1. The largest absolute Gasteiger partial charge is 0.361 e. The van der Waals surface area contributed by atoms with Crippen molar-refractivity contribution in [2.75, 3.05) is 26.2 Å². The van der Waals surface area contributed by atoms with Crippen molar-refractivity contribution >= 4 is 15.9 Å². The van der Waals surface area contributed by atoms with Gasteiger partial charge in [-0.15, -0.1) is 0 Å². The summed E-state index contributed by atoms with van der Waals surface area (Å²) in [6.45, 7) is 3.66. The molecule has 1 aliphatic heterocycles.